The maximum atomic E-state index is 12.1. The zero-order valence-corrected chi connectivity index (χ0v) is 9.60. The maximum absolute atomic E-state index is 12.1. The first-order valence-corrected chi connectivity index (χ1v) is 5.43. The number of benzene rings is 1. The van der Waals surface area contributed by atoms with Crippen LogP contribution >= 0.6 is 0 Å². The molecule has 3 nitrogen and oxygen atoms in total. The van der Waals surface area contributed by atoms with Crippen LogP contribution in [0.4, 0.5) is 13.2 Å². The number of hydrogen-bond donors (Lipinski definition) is 2. The third-order valence-electron chi connectivity index (χ3n) is 1.83. The molecule has 0 radical (unpaired) electrons. The Morgan fingerprint density at radius 2 is 1.56 bits per heavy atom. The fourth-order valence-corrected chi connectivity index (χ4v) is 0.918. The van der Waals surface area contributed by atoms with Gasteiger partial charge in [-0.15, -0.1) is 0 Å². The number of aryl methyl sites for hydroxylation is 2. The van der Waals surface area contributed by atoms with E-state index in [1.54, 1.807) is 13.8 Å². The predicted octanol–water partition coefficient (Wildman–Crippen LogP) is 1.79. The van der Waals surface area contributed by atoms with E-state index in [9.17, 15) is 13.2 Å². The lowest BCUT2D eigenvalue weighted by Gasteiger charge is -2.08. The molecule has 0 aliphatic heterocycles. The standard InChI is InChI=1S/C9H9F3.H3NO2S/c1-6-3-4-8(5-7(6)2)9(10,11)12;1-4(2)3/h3-5H,1-2H3;4H,(H2,1,2,3). The van der Waals surface area contributed by atoms with Crippen LogP contribution in [-0.2, 0) is 17.1 Å². The highest BCUT2D eigenvalue weighted by Gasteiger charge is 2.30. The second-order valence-electron chi connectivity index (χ2n) is 3.08. The summed E-state index contributed by atoms with van der Waals surface area (Å²) < 4.78 is 53.9. The van der Waals surface area contributed by atoms with E-state index in [2.05, 4.69) is 5.14 Å². The fourth-order valence-electron chi connectivity index (χ4n) is 0.918. The minimum Gasteiger partial charge on any atom is -0.231 e. The summed E-state index contributed by atoms with van der Waals surface area (Å²) in [6.07, 6.45) is -4.22. The van der Waals surface area contributed by atoms with Gasteiger partial charge < -0.3 is 0 Å². The monoisotopic (exact) mass is 255 g/mol. The Morgan fingerprint density at radius 3 is 1.88 bits per heavy atom. The van der Waals surface area contributed by atoms with E-state index in [1.165, 1.54) is 6.07 Å². The Hall–Kier alpha value is -1.08. The lowest BCUT2D eigenvalue weighted by Crippen LogP contribution is -2.05. The molecule has 0 bridgehead atoms. The molecule has 2 N–H and O–H groups in total. The molecule has 0 unspecified atom stereocenters. The highest BCUT2D eigenvalue weighted by atomic mass is 32.2. The first kappa shape index (κ1) is 14.9. The summed E-state index contributed by atoms with van der Waals surface area (Å²) >= 11 is 0. The second-order valence-corrected chi connectivity index (χ2v) is 3.65. The molecule has 0 spiro atoms. The van der Waals surface area contributed by atoms with E-state index < -0.39 is 22.6 Å². The highest BCUT2D eigenvalue weighted by Crippen LogP contribution is 2.30. The summed E-state index contributed by atoms with van der Waals surface area (Å²) in [5.41, 5.74) is 0.971. The molecular formula is C9H12F3NO2S. The number of rotatable bonds is 0. The third-order valence-corrected chi connectivity index (χ3v) is 1.83. The molecule has 0 atom stereocenters. The fraction of sp³-hybridized carbons (Fsp3) is 0.333. The van der Waals surface area contributed by atoms with E-state index in [4.69, 9.17) is 8.42 Å². The lowest BCUT2D eigenvalue weighted by atomic mass is 10.1. The van der Waals surface area contributed by atoms with Gasteiger partial charge in [-0.05, 0) is 37.1 Å². The van der Waals surface area contributed by atoms with Crippen molar-refractivity contribution in [1.29, 1.82) is 0 Å². The minimum atomic E-state index is -4.22. The van der Waals surface area contributed by atoms with Crippen LogP contribution in [0.3, 0.4) is 0 Å². The average Bonchev–Trinajstić information content (AvgIpc) is 2.06. The molecule has 92 valence electrons. The summed E-state index contributed by atoms with van der Waals surface area (Å²) in [5.74, 6) is 0. The third kappa shape index (κ3) is 5.72. The minimum absolute atomic E-state index is 0.578. The van der Waals surface area contributed by atoms with Crippen molar-refractivity contribution in [3.05, 3.63) is 34.9 Å². The quantitative estimate of drug-likeness (QED) is 0.694. The Morgan fingerprint density at radius 1 is 1.12 bits per heavy atom. The molecule has 0 fully saturated rings. The Bertz CT molecular complexity index is 419. The van der Waals surface area contributed by atoms with Crippen LogP contribution in [0.5, 0.6) is 0 Å². The van der Waals surface area contributed by atoms with Gasteiger partial charge in [0, 0.05) is 0 Å². The van der Waals surface area contributed by atoms with Gasteiger partial charge in [-0.1, -0.05) is 6.07 Å². The smallest absolute Gasteiger partial charge is 0.231 e. The van der Waals surface area contributed by atoms with Gasteiger partial charge in [-0.25, -0.2) is 13.6 Å². The van der Waals surface area contributed by atoms with Crippen LogP contribution in [0, 0.1) is 13.8 Å². The van der Waals surface area contributed by atoms with E-state index >= 15 is 0 Å². The van der Waals surface area contributed by atoms with Crippen LogP contribution in [0.1, 0.15) is 16.7 Å². The number of thiol groups is 1. The topological polar surface area (TPSA) is 60.2 Å². The zero-order chi connectivity index (χ0) is 12.9. The van der Waals surface area contributed by atoms with Gasteiger partial charge in [0.15, 0.2) is 10.9 Å². The summed E-state index contributed by atoms with van der Waals surface area (Å²) in [7, 11) is -2.62. The molecule has 0 heterocycles. The molecule has 0 aliphatic carbocycles. The highest BCUT2D eigenvalue weighted by molar-refractivity contribution is 7.69. The molecule has 0 saturated carbocycles. The summed E-state index contributed by atoms with van der Waals surface area (Å²) in [6.45, 7) is 3.46. The SMILES string of the molecule is Cc1ccc(C(F)(F)F)cc1C.N[SH](=O)=O. The molecule has 0 aliphatic rings. The van der Waals surface area contributed by atoms with Crippen LogP contribution in [-0.4, -0.2) is 8.42 Å². The van der Waals surface area contributed by atoms with Crippen molar-refractivity contribution in [1.82, 2.24) is 0 Å². The molecule has 1 aromatic rings. The predicted molar refractivity (Wildman–Crippen MR) is 55.4 cm³/mol. The van der Waals surface area contributed by atoms with Crippen molar-refractivity contribution >= 4 is 10.9 Å². The molecule has 7 heteroatoms. The Kier molecular flexibility index (Phi) is 5.46. The number of nitrogens with two attached hydrogens (primary N) is 1. The molecule has 16 heavy (non-hydrogen) atoms. The molecular weight excluding hydrogens is 243 g/mol. The van der Waals surface area contributed by atoms with E-state index in [0.29, 0.717) is 5.56 Å². The molecule has 0 amide bonds. The molecule has 1 aromatic carbocycles. The Labute approximate surface area is 93.2 Å². The molecule has 0 saturated heterocycles. The normalized spacial score (nSPS) is 10.9. The van der Waals surface area contributed by atoms with Gasteiger partial charge in [0.1, 0.15) is 0 Å². The Balaban J connectivity index is 0.000000487. The average molecular weight is 255 g/mol. The zero-order valence-electron chi connectivity index (χ0n) is 8.71. The van der Waals surface area contributed by atoms with Crippen molar-refractivity contribution in [2.24, 2.45) is 5.14 Å². The van der Waals surface area contributed by atoms with E-state index in [1.807, 2.05) is 0 Å². The van der Waals surface area contributed by atoms with Gasteiger partial charge in [-0.2, -0.15) is 13.2 Å². The van der Waals surface area contributed by atoms with Crippen LogP contribution in [0.15, 0.2) is 18.2 Å². The van der Waals surface area contributed by atoms with Crippen LogP contribution in [0.2, 0.25) is 0 Å². The second kappa shape index (κ2) is 5.86. The van der Waals surface area contributed by atoms with Crippen molar-refractivity contribution in [3.8, 4) is 0 Å². The first-order chi connectivity index (χ1) is 7.14. The van der Waals surface area contributed by atoms with Crippen LogP contribution < -0.4 is 5.14 Å². The van der Waals surface area contributed by atoms with Gasteiger partial charge in [0.05, 0.1) is 5.56 Å². The van der Waals surface area contributed by atoms with Crippen LogP contribution in [0.25, 0.3) is 0 Å². The summed E-state index contributed by atoms with van der Waals surface area (Å²) in [5, 5.41) is 4.06. The molecule has 0 aromatic heterocycles. The van der Waals surface area contributed by atoms with Crippen molar-refractivity contribution in [2.75, 3.05) is 0 Å². The summed E-state index contributed by atoms with van der Waals surface area (Å²) in [4.78, 5) is 0. The van der Waals surface area contributed by atoms with Crippen molar-refractivity contribution in [2.45, 2.75) is 20.0 Å². The number of alkyl halides is 3. The molecule has 1 rings (SSSR count). The maximum Gasteiger partial charge on any atom is 0.416 e. The van der Waals surface area contributed by atoms with Crippen molar-refractivity contribution in [3.63, 3.8) is 0 Å². The first-order valence-electron chi connectivity index (χ1n) is 4.18. The van der Waals surface area contributed by atoms with Gasteiger partial charge >= 0.3 is 6.18 Å². The van der Waals surface area contributed by atoms with Crippen molar-refractivity contribution < 1.29 is 21.6 Å². The lowest BCUT2D eigenvalue weighted by molar-refractivity contribution is -0.137. The largest absolute Gasteiger partial charge is 0.416 e. The van der Waals surface area contributed by atoms with Gasteiger partial charge in [0.25, 0.3) is 0 Å². The number of hydrogen-bond acceptors (Lipinski definition) is 2. The van der Waals surface area contributed by atoms with E-state index in [0.717, 1.165) is 17.7 Å². The van der Waals surface area contributed by atoms with Gasteiger partial charge in [0.2, 0.25) is 0 Å². The number of halogens is 3. The van der Waals surface area contributed by atoms with Gasteiger partial charge in [-0.3, -0.25) is 0 Å². The summed E-state index contributed by atoms with van der Waals surface area (Å²) in [6, 6.07) is 3.75. The van der Waals surface area contributed by atoms with E-state index in [-0.39, 0.29) is 0 Å².